The first-order valence-corrected chi connectivity index (χ1v) is 9.00. The summed E-state index contributed by atoms with van der Waals surface area (Å²) < 4.78 is 27.3. The van der Waals surface area contributed by atoms with E-state index in [1.54, 1.807) is 11.3 Å². The quantitative estimate of drug-likeness (QED) is 0.878. The van der Waals surface area contributed by atoms with Gasteiger partial charge >= 0.3 is 0 Å². The van der Waals surface area contributed by atoms with Crippen molar-refractivity contribution in [3.63, 3.8) is 0 Å². The van der Waals surface area contributed by atoms with Crippen LogP contribution in [0.5, 0.6) is 0 Å². The van der Waals surface area contributed by atoms with E-state index in [1.807, 2.05) is 42.6 Å². The molecule has 0 fully saturated rings. The lowest BCUT2D eigenvalue weighted by molar-refractivity contribution is 0.303. The first-order chi connectivity index (χ1) is 10.4. The predicted octanol–water partition coefficient (Wildman–Crippen LogP) is 2.20. The molecule has 22 heavy (non-hydrogen) atoms. The van der Waals surface area contributed by atoms with Crippen LogP contribution >= 0.6 is 11.3 Å². The van der Waals surface area contributed by atoms with Crippen molar-refractivity contribution in [2.75, 3.05) is 20.6 Å². The fraction of sp³-hybridized carbons (Fsp3) is 0.267. The van der Waals surface area contributed by atoms with Crippen molar-refractivity contribution in [1.82, 2.24) is 9.62 Å². The maximum absolute atomic E-state index is 12.3. The van der Waals surface area contributed by atoms with Gasteiger partial charge in [-0.1, -0.05) is 6.07 Å². The predicted molar refractivity (Wildman–Crippen MR) is 87.1 cm³/mol. The molecule has 2 rings (SSSR count). The molecule has 1 aromatic heterocycles. The van der Waals surface area contributed by atoms with Gasteiger partial charge in [0.25, 0.3) is 0 Å². The number of benzene rings is 1. The topological polar surface area (TPSA) is 73.2 Å². The lowest BCUT2D eigenvalue weighted by Crippen LogP contribution is -2.34. The summed E-state index contributed by atoms with van der Waals surface area (Å²) in [5.41, 5.74) is 0.434. The van der Waals surface area contributed by atoms with Gasteiger partial charge in [-0.15, -0.1) is 11.3 Å². The van der Waals surface area contributed by atoms with Crippen LogP contribution in [0.25, 0.3) is 0 Å². The third-order valence-corrected chi connectivity index (χ3v) is 5.67. The molecule has 1 atom stereocenters. The molecular formula is C15H17N3O2S2. The van der Waals surface area contributed by atoms with E-state index in [0.717, 1.165) is 4.88 Å². The minimum Gasteiger partial charge on any atom is -0.300 e. The van der Waals surface area contributed by atoms with Gasteiger partial charge in [0.1, 0.15) is 0 Å². The molecule has 1 N–H and O–H groups in total. The SMILES string of the molecule is CN(C)C(CNS(=O)(=O)c1ccc(C#N)cc1)c1cccs1. The van der Waals surface area contributed by atoms with Crippen molar-refractivity contribution in [1.29, 1.82) is 5.26 Å². The second-order valence-corrected chi connectivity index (χ2v) is 7.73. The van der Waals surface area contributed by atoms with Gasteiger partial charge < -0.3 is 4.90 Å². The van der Waals surface area contributed by atoms with Gasteiger partial charge in [0, 0.05) is 11.4 Å². The zero-order chi connectivity index (χ0) is 16.2. The summed E-state index contributed by atoms with van der Waals surface area (Å²) in [6, 6.07) is 11.8. The Morgan fingerprint density at radius 1 is 1.27 bits per heavy atom. The van der Waals surface area contributed by atoms with E-state index >= 15 is 0 Å². The Morgan fingerprint density at radius 2 is 1.95 bits per heavy atom. The lowest BCUT2D eigenvalue weighted by atomic mass is 10.2. The maximum Gasteiger partial charge on any atom is 0.240 e. The molecule has 116 valence electrons. The molecule has 1 aromatic carbocycles. The van der Waals surface area contributed by atoms with Crippen LogP contribution in [-0.2, 0) is 10.0 Å². The molecule has 0 aliphatic carbocycles. The molecule has 0 bridgehead atoms. The lowest BCUT2D eigenvalue weighted by Gasteiger charge is -2.23. The number of thiophene rings is 1. The monoisotopic (exact) mass is 335 g/mol. The number of nitriles is 1. The Labute approximate surface area is 134 Å². The van der Waals surface area contributed by atoms with Crippen LogP contribution in [0.1, 0.15) is 16.5 Å². The van der Waals surface area contributed by atoms with E-state index in [2.05, 4.69) is 4.72 Å². The first kappa shape index (κ1) is 16.6. The van der Waals surface area contributed by atoms with Gasteiger partial charge in [-0.3, -0.25) is 0 Å². The molecule has 0 aliphatic heterocycles. The van der Waals surface area contributed by atoms with Crippen molar-refractivity contribution < 1.29 is 8.42 Å². The van der Waals surface area contributed by atoms with Gasteiger partial charge in [0.15, 0.2) is 0 Å². The van der Waals surface area contributed by atoms with E-state index in [1.165, 1.54) is 24.3 Å². The average Bonchev–Trinajstić information content (AvgIpc) is 3.01. The Hall–Kier alpha value is -1.72. The van der Waals surface area contributed by atoms with Crippen LogP contribution in [0.3, 0.4) is 0 Å². The summed E-state index contributed by atoms with van der Waals surface area (Å²) in [5, 5.41) is 10.7. The highest BCUT2D eigenvalue weighted by Crippen LogP contribution is 2.23. The van der Waals surface area contributed by atoms with Gasteiger partial charge in [0.2, 0.25) is 10.0 Å². The van der Waals surface area contributed by atoms with Crippen molar-refractivity contribution in [2.24, 2.45) is 0 Å². The Balaban J connectivity index is 2.12. The van der Waals surface area contributed by atoms with Crippen molar-refractivity contribution in [2.45, 2.75) is 10.9 Å². The molecule has 2 aromatic rings. The molecule has 0 aliphatic rings. The third-order valence-electron chi connectivity index (χ3n) is 3.26. The fourth-order valence-corrected chi connectivity index (χ4v) is 3.96. The number of nitrogens with one attached hydrogen (secondary N) is 1. The summed E-state index contributed by atoms with van der Waals surface area (Å²) in [4.78, 5) is 3.25. The summed E-state index contributed by atoms with van der Waals surface area (Å²) in [6.07, 6.45) is 0. The smallest absolute Gasteiger partial charge is 0.240 e. The molecule has 0 spiro atoms. The van der Waals surface area contributed by atoms with Crippen molar-refractivity contribution in [3.8, 4) is 6.07 Å². The summed E-state index contributed by atoms with van der Waals surface area (Å²) >= 11 is 1.60. The summed E-state index contributed by atoms with van der Waals surface area (Å²) in [5.74, 6) is 0. The maximum atomic E-state index is 12.3. The van der Waals surface area contributed by atoms with Crippen LogP contribution in [0, 0.1) is 11.3 Å². The van der Waals surface area contributed by atoms with Crippen molar-refractivity contribution in [3.05, 3.63) is 52.2 Å². The molecule has 0 saturated heterocycles. The van der Waals surface area contributed by atoms with Crippen LogP contribution in [0.4, 0.5) is 0 Å². The van der Waals surface area contributed by atoms with Gasteiger partial charge in [-0.05, 0) is 49.8 Å². The number of rotatable bonds is 6. The third kappa shape index (κ3) is 3.93. The van der Waals surface area contributed by atoms with E-state index < -0.39 is 10.0 Å². The second-order valence-electron chi connectivity index (χ2n) is 4.98. The molecular weight excluding hydrogens is 318 g/mol. The van der Waals surface area contributed by atoms with E-state index in [-0.39, 0.29) is 17.5 Å². The molecule has 5 nitrogen and oxygen atoms in total. The normalized spacial score (nSPS) is 13.0. The highest BCUT2D eigenvalue weighted by Gasteiger charge is 2.20. The minimum atomic E-state index is -3.59. The van der Waals surface area contributed by atoms with Gasteiger partial charge in [0.05, 0.1) is 22.6 Å². The van der Waals surface area contributed by atoms with Gasteiger partial charge in [-0.2, -0.15) is 5.26 Å². The van der Waals surface area contributed by atoms with Crippen LogP contribution in [0.2, 0.25) is 0 Å². The molecule has 1 unspecified atom stereocenters. The number of hydrogen-bond acceptors (Lipinski definition) is 5. The number of likely N-dealkylation sites (N-methyl/N-ethyl adjacent to an activating group) is 1. The van der Waals surface area contributed by atoms with Crippen LogP contribution in [-0.4, -0.2) is 34.0 Å². The fourth-order valence-electron chi connectivity index (χ4n) is 2.00. The van der Waals surface area contributed by atoms with E-state index in [4.69, 9.17) is 5.26 Å². The molecule has 1 heterocycles. The summed E-state index contributed by atoms with van der Waals surface area (Å²) in [7, 11) is 0.248. The molecule has 0 radical (unpaired) electrons. The van der Waals surface area contributed by atoms with Crippen molar-refractivity contribution >= 4 is 21.4 Å². The zero-order valence-electron chi connectivity index (χ0n) is 12.4. The van der Waals surface area contributed by atoms with Crippen LogP contribution < -0.4 is 4.72 Å². The van der Waals surface area contributed by atoms with E-state index in [0.29, 0.717) is 5.56 Å². The highest BCUT2D eigenvalue weighted by atomic mass is 32.2. The Morgan fingerprint density at radius 3 is 2.45 bits per heavy atom. The number of nitrogens with zero attached hydrogens (tertiary/aromatic N) is 2. The molecule has 0 saturated carbocycles. The molecule has 7 heteroatoms. The van der Waals surface area contributed by atoms with Gasteiger partial charge in [-0.25, -0.2) is 13.1 Å². The minimum absolute atomic E-state index is 0.0202. The number of hydrogen-bond donors (Lipinski definition) is 1. The second kappa shape index (κ2) is 7.03. The largest absolute Gasteiger partial charge is 0.300 e. The Kier molecular flexibility index (Phi) is 5.32. The molecule has 0 amide bonds. The standard InChI is InChI=1S/C15H17N3O2S2/c1-18(2)14(15-4-3-9-21-15)11-17-22(19,20)13-7-5-12(10-16)6-8-13/h3-9,14,17H,11H2,1-2H3. The average molecular weight is 335 g/mol. The Bertz CT molecular complexity index is 745. The first-order valence-electron chi connectivity index (χ1n) is 6.63. The zero-order valence-corrected chi connectivity index (χ0v) is 14.0. The van der Waals surface area contributed by atoms with E-state index in [9.17, 15) is 8.42 Å². The number of sulfonamides is 1. The highest BCUT2D eigenvalue weighted by molar-refractivity contribution is 7.89. The van der Waals surface area contributed by atoms with Crippen LogP contribution in [0.15, 0.2) is 46.7 Å². The summed E-state index contributed by atoms with van der Waals surface area (Å²) in [6.45, 7) is 0.288.